The molecule has 170 valence electrons. The van der Waals surface area contributed by atoms with E-state index in [1.807, 2.05) is 0 Å². The summed E-state index contributed by atoms with van der Waals surface area (Å²) in [5.74, 6) is -0.101. The van der Waals surface area contributed by atoms with Crippen LogP contribution in [-0.4, -0.2) is 36.7 Å². The summed E-state index contributed by atoms with van der Waals surface area (Å²) in [7, 11) is -3.64. The van der Waals surface area contributed by atoms with Crippen LogP contribution in [-0.2, 0) is 16.2 Å². The van der Waals surface area contributed by atoms with Crippen molar-refractivity contribution in [2.75, 3.05) is 18.4 Å². The van der Waals surface area contributed by atoms with Gasteiger partial charge in [-0.1, -0.05) is 24.3 Å². The summed E-state index contributed by atoms with van der Waals surface area (Å²) >= 11 is 0.931. The minimum absolute atomic E-state index is 0.0286. The van der Waals surface area contributed by atoms with Crippen molar-refractivity contribution >= 4 is 42.6 Å². The number of halogens is 3. The van der Waals surface area contributed by atoms with E-state index in [2.05, 4.69) is 17.2 Å². The lowest BCUT2D eigenvalue weighted by atomic mass is 10.0. The van der Waals surface area contributed by atoms with Crippen molar-refractivity contribution in [1.29, 1.82) is 0 Å². The average molecular weight is 484 g/mol. The van der Waals surface area contributed by atoms with Gasteiger partial charge in [0.25, 0.3) is 5.91 Å². The van der Waals surface area contributed by atoms with Crippen LogP contribution in [0.25, 0.3) is 10.2 Å². The van der Waals surface area contributed by atoms with Gasteiger partial charge in [-0.25, -0.2) is 13.4 Å². The van der Waals surface area contributed by atoms with E-state index in [0.29, 0.717) is 23.7 Å². The number of benzene rings is 2. The summed E-state index contributed by atoms with van der Waals surface area (Å²) in [4.78, 5) is 16.6. The molecule has 11 heteroatoms. The SMILES string of the molecule is CC1CCN(S(=O)(=O)c2ccc(C(=O)Nc3nc4c(C(F)(F)F)cccc4s3)cc2)CC1. The predicted molar refractivity (Wildman–Crippen MR) is 116 cm³/mol. The second kappa shape index (κ2) is 8.45. The third kappa shape index (κ3) is 4.50. The fraction of sp³-hybridized carbons (Fsp3) is 0.333. The smallest absolute Gasteiger partial charge is 0.298 e. The van der Waals surface area contributed by atoms with Gasteiger partial charge < -0.3 is 0 Å². The minimum atomic E-state index is -4.55. The summed E-state index contributed by atoms with van der Waals surface area (Å²) in [5, 5.41) is 2.52. The van der Waals surface area contributed by atoms with Crippen LogP contribution in [0.15, 0.2) is 47.4 Å². The largest absolute Gasteiger partial charge is 0.418 e. The molecule has 1 N–H and O–H groups in total. The average Bonchev–Trinajstić information content (AvgIpc) is 3.15. The number of rotatable bonds is 4. The normalized spacial score (nSPS) is 16.4. The number of piperidine rings is 1. The third-order valence-corrected chi connectivity index (χ3v) is 8.29. The lowest BCUT2D eigenvalue weighted by molar-refractivity contribution is -0.136. The van der Waals surface area contributed by atoms with Gasteiger partial charge in [0, 0.05) is 18.7 Å². The van der Waals surface area contributed by atoms with Crippen LogP contribution >= 0.6 is 11.3 Å². The molecule has 0 atom stereocenters. The van der Waals surface area contributed by atoms with E-state index in [1.54, 1.807) is 0 Å². The number of para-hydroxylation sites is 1. The lowest BCUT2D eigenvalue weighted by Crippen LogP contribution is -2.37. The maximum atomic E-state index is 13.2. The van der Waals surface area contributed by atoms with Gasteiger partial charge in [-0.2, -0.15) is 17.5 Å². The first-order valence-corrected chi connectivity index (χ1v) is 12.2. The van der Waals surface area contributed by atoms with Gasteiger partial charge in [0.05, 0.1) is 20.7 Å². The number of thiazole rings is 1. The van der Waals surface area contributed by atoms with Gasteiger partial charge in [-0.15, -0.1) is 0 Å². The van der Waals surface area contributed by atoms with Crippen LogP contribution in [0.4, 0.5) is 18.3 Å². The van der Waals surface area contributed by atoms with E-state index in [-0.39, 0.29) is 21.1 Å². The van der Waals surface area contributed by atoms with Crippen LogP contribution in [0.1, 0.15) is 35.7 Å². The van der Waals surface area contributed by atoms with E-state index in [1.165, 1.54) is 40.7 Å². The van der Waals surface area contributed by atoms with Crippen molar-refractivity contribution < 1.29 is 26.4 Å². The number of aromatic nitrogens is 1. The maximum absolute atomic E-state index is 13.2. The van der Waals surface area contributed by atoms with Gasteiger partial charge in [0.2, 0.25) is 10.0 Å². The zero-order valence-electron chi connectivity index (χ0n) is 17.0. The Balaban J connectivity index is 1.51. The molecule has 4 rings (SSSR count). The Morgan fingerprint density at radius 3 is 2.41 bits per heavy atom. The standard InChI is InChI=1S/C21H20F3N3O3S2/c1-13-9-11-27(12-10-13)32(29,30)15-7-5-14(6-8-15)19(28)26-20-25-18-16(21(22,23)24)3-2-4-17(18)31-20/h2-8,13H,9-12H2,1H3,(H,25,26,28). The predicted octanol–water partition coefficient (Wildman–Crippen LogP) is 4.99. The van der Waals surface area contributed by atoms with E-state index >= 15 is 0 Å². The molecule has 2 aromatic carbocycles. The Hall–Kier alpha value is -2.50. The molecule has 1 amide bonds. The van der Waals surface area contributed by atoms with Crippen molar-refractivity contribution in [2.24, 2.45) is 5.92 Å². The van der Waals surface area contributed by atoms with E-state index in [4.69, 9.17) is 0 Å². The zero-order valence-corrected chi connectivity index (χ0v) is 18.6. The van der Waals surface area contributed by atoms with Crippen LogP contribution in [0.3, 0.4) is 0 Å². The molecule has 1 saturated heterocycles. The highest BCUT2D eigenvalue weighted by Crippen LogP contribution is 2.37. The van der Waals surface area contributed by atoms with Gasteiger partial charge in [0.1, 0.15) is 0 Å². The van der Waals surface area contributed by atoms with Gasteiger partial charge in [0.15, 0.2) is 5.13 Å². The molecule has 0 saturated carbocycles. The molecular formula is C21H20F3N3O3S2. The zero-order chi connectivity index (χ0) is 23.1. The van der Waals surface area contributed by atoms with E-state index in [0.717, 1.165) is 30.2 Å². The number of hydrogen-bond donors (Lipinski definition) is 1. The third-order valence-electron chi connectivity index (χ3n) is 5.44. The summed E-state index contributed by atoms with van der Waals surface area (Å²) in [6, 6.07) is 9.21. The number of carbonyl (C=O) groups excluding carboxylic acids is 1. The van der Waals surface area contributed by atoms with Crippen molar-refractivity contribution in [2.45, 2.75) is 30.8 Å². The number of fused-ring (bicyclic) bond motifs is 1. The van der Waals surface area contributed by atoms with Crippen molar-refractivity contribution in [1.82, 2.24) is 9.29 Å². The van der Waals surface area contributed by atoms with Crippen molar-refractivity contribution in [3.63, 3.8) is 0 Å². The molecular weight excluding hydrogens is 463 g/mol. The molecule has 0 aliphatic carbocycles. The summed E-state index contributed by atoms with van der Waals surface area (Å²) < 4.78 is 66.9. The molecule has 0 spiro atoms. The molecule has 6 nitrogen and oxygen atoms in total. The molecule has 0 bridgehead atoms. The lowest BCUT2D eigenvalue weighted by Gasteiger charge is -2.29. The fourth-order valence-electron chi connectivity index (χ4n) is 3.55. The van der Waals surface area contributed by atoms with E-state index in [9.17, 15) is 26.4 Å². The molecule has 1 aromatic heterocycles. The topological polar surface area (TPSA) is 79.4 Å². The Morgan fingerprint density at radius 1 is 1.12 bits per heavy atom. The second-order valence-electron chi connectivity index (χ2n) is 7.73. The highest BCUT2D eigenvalue weighted by atomic mass is 32.2. The Bertz CT molecular complexity index is 1250. The van der Waals surface area contributed by atoms with E-state index < -0.39 is 27.7 Å². The quantitative estimate of drug-likeness (QED) is 0.567. The Labute approximate surface area is 187 Å². The highest BCUT2D eigenvalue weighted by molar-refractivity contribution is 7.89. The highest BCUT2D eigenvalue weighted by Gasteiger charge is 2.34. The molecule has 2 heterocycles. The van der Waals surface area contributed by atoms with Crippen LogP contribution < -0.4 is 5.32 Å². The number of amides is 1. The van der Waals surface area contributed by atoms with Crippen LogP contribution in [0.5, 0.6) is 0 Å². The number of hydrogen-bond acceptors (Lipinski definition) is 5. The molecule has 1 aliphatic rings. The van der Waals surface area contributed by atoms with Crippen LogP contribution in [0, 0.1) is 5.92 Å². The number of alkyl halides is 3. The summed E-state index contributed by atoms with van der Waals surface area (Å²) in [6.45, 7) is 3.01. The first kappa shape index (κ1) is 22.7. The first-order valence-electron chi connectivity index (χ1n) is 9.94. The fourth-order valence-corrected chi connectivity index (χ4v) is 5.91. The minimum Gasteiger partial charge on any atom is -0.298 e. The van der Waals surface area contributed by atoms with Crippen molar-refractivity contribution in [3.05, 3.63) is 53.6 Å². The van der Waals surface area contributed by atoms with Gasteiger partial charge >= 0.3 is 6.18 Å². The van der Waals surface area contributed by atoms with Crippen LogP contribution in [0.2, 0.25) is 0 Å². The second-order valence-corrected chi connectivity index (χ2v) is 10.7. The van der Waals surface area contributed by atoms with Crippen molar-refractivity contribution in [3.8, 4) is 0 Å². The Morgan fingerprint density at radius 2 is 1.78 bits per heavy atom. The molecule has 1 fully saturated rings. The number of nitrogens with zero attached hydrogens (tertiary/aromatic N) is 2. The summed E-state index contributed by atoms with van der Waals surface area (Å²) in [6.07, 6.45) is -2.95. The molecule has 3 aromatic rings. The number of sulfonamides is 1. The maximum Gasteiger partial charge on any atom is 0.418 e. The summed E-state index contributed by atoms with van der Waals surface area (Å²) in [5.41, 5.74) is -0.919. The van der Waals surface area contributed by atoms with Gasteiger partial charge in [-0.3, -0.25) is 10.1 Å². The number of anilines is 1. The first-order chi connectivity index (χ1) is 15.1. The molecule has 0 unspecified atom stereocenters. The Kier molecular flexibility index (Phi) is 5.99. The van der Waals surface area contributed by atoms with Gasteiger partial charge in [-0.05, 0) is 55.2 Å². The molecule has 0 radical (unpaired) electrons. The monoisotopic (exact) mass is 483 g/mol. The molecule has 32 heavy (non-hydrogen) atoms. The number of carbonyl (C=O) groups is 1. The number of nitrogens with one attached hydrogen (secondary N) is 1. The molecule has 1 aliphatic heterocycles.